The van der Waals surface area contributed by atoms with E-state index in [1.807, 2.05) is 24.3 Å². The maximum atomic E-state index is 13.4. The highest BCUT2D eigenvalue weighted by Crippen LogP contribution is 2.40. The second-order valence-electron chi connectivity index (χ2n) is 8.09. The van der Waals surface area contributed by atoms with Gasteiger partial charge in [0.15, 0.2) is 0 Å². The third-order valence-corrected chi connectivity index (χ3v) is 6.99. The summed E-state index contributed by atoms with van der Waals surface area (Å²) < 4.78 is 16.3. The van der Waals surface area contributed by atoms with E-state index in [4.69, 9.17) is 14.2 Å². The molecule has 0 radical (unpaired) electrons. The van der Waals surface area contributed by atoms with Gasteiger partial charge in [0.25, 0.3) is 0 Å². The minimum atomic E-state index is -0.389. The second-order valence-corrected chi connectivity index (χ2v) is 8.97. The highest BCUT2D eigenvalue weighted by molar-refractivity contribution is 7.98. The lowest BCUT2D eigenvalue weighted by molar-refractivity contribution is 0.135. The molecule has 6 nitrogen and oxygen atoms in total. The zero-order valence-corrected chi connectivity index (χ0v) is 20.1. The van der Waals surface area contributed by atoms with Gasteiger partial charge >= 0.3 is 6.09 Å². The number of nitrogens with zero attached hydrogens (tertiary/aromatic N) is 1. The SMILES string of the molecule is COc1ccc(OC(=O)N2CCc3c([nH]c4ccc(SC)cc34)C2c2ccc(OC)cc2)cc1.[HH]. The molecule has 1 unspecified atom stereocenters. The Morgan fingerprint density at radius 1 is 0.971 bits per heavy atom. The zero-order valence-electron chi connectivity index (χ0n) is 19.3. The molecule has 1 atom stereocenters. The van der Waals surface area contributed by atoms with Crippen molar-refractivity contribution in [3.8, 4) is 17.2 Å². The van der Waals surface area contributed by atoms with Crippen molar-refractivity contribution in [2.24, 2.45) is 0 Å². The van der Waals surface area contributed by atoms with Crippen LogP contribution in [-0.2, 0) is 6.42 Å². The summed E-state index contributed by atoms with van der Waals surface area (Å²) in [5, 5.41) is 1.21. The van der Waals surface area contributed by atoms with Crippen LogP contribution in [0, 0.1) is 0 Å². The molecule has 1 aliphatic rings. The molecule has 5 rings (SSSR count). The van der Waals surface area contributed by atoms with E-state index in [0.29, 0.717) is 18.0 Å². The van der Waals surface area contributed by atoms with Crippen LogP contribution in [0.25, 0.3) is 10.9 Å². The first-order chi connectivity index (χ1) is 16.6. The van der Waals surface area contributed by atoms with Gasteiger partial charge in [-0.2, -0.15) is 0 Å². The Morgan fingerprint density at radius 2 is 1.62 bits per heavy atom. The van der Waals surface area contributed by atoms with Gasteiger partial charge in [-0.1, -0.05) is 12.1 Å². The number of fused-ring (bicyclic) bond motifs is 3. The van der Waals surface area contributed by atoms with E-state index < -0.39 is 0 Å². The lowest BCUT2D eigenvalue weighted by Crippen LogP contribution is -2.42. The molecule has 1 N–H and O–H groups in total. The van der Waals surface area contributed by atoms with Crippen molar-refractivity contribution in [1.82, 2.24) is 9.88 Å². The summed E-state index contributed by atoms with van der Waals surface area (Å²) >= 11 is 1.73. The average molecular weight is 477 g/mol. The Hall–Kier alpha value is -3.58. The minimum Gasteiger partial charge on any atom is -0.497 e. The third kappa shape index (κ3) is 4.07. The predicted octanol–water partition coefficient (Wildman–Crippen LogP) is 6.30. The number of H-pyrrole nitrogens is 1. The number of carbonyl (C=O) groups excluding carboxylic acids is 1. The molecule has 1 amide bonds. The van der Waals surface area contributed by atoms with Crippen molar-refractivity contribution >= 4 is 28.8 Å². The molecule has 1 aromatic heterocycles. The largest absolute Gasteiger partial charge is 0.497 e. The fourth-order valence-corrected chi connectivity index (χ4v) is 4.97. The molecular formula is C27H28N2O4S. The van der Waals surface area contributed by atoms with Crippen molar-refractivity contribution < 1.29 is 20.4 Å². The van der Waals surface area contributed by atoms with Gasteiger partial charge in [-0.05, 0) is 78.4 Å². The van der Waals surface area contributed by atoms with Gasteiger partial charge in [0.05, 0.1) is 14.2 Å². The standard InChI is InChI=1S/C27H26N2O4S.H2/c1-31-18-6-4-17(5-7-18)26-25-22(23-16-21(34-3)12-13-24(23)28-25)14-15-29(26)27(30)33-20-10-8-19(32-2)9-11-20;/h4-13,16,26,28H,14-15H2,1-3H3;1H. The zero-order chi connectivity index (χ0) is 23.7. The lowest BCUT2D eigenvalue weighted by Gasteiger charge is -2.35. The number of amides is 1. The average Bonchev–Trinajstić information content (AvgIpc) is 3.26. The molecule has 1 aliphatic heterocycles. The molecule has 0 aliphatic carbocycles. The molecule has 0 bridgehead atoms. The molecule has 0 fully saturated rings. The normalized spacial score (nSPS) is 15.1. The molecule has 0 saturated carbocycles. The van der Waals surface area contributed by atoms with Crippen molar-refractivity contribution in [3.63, 3.8) is 0 Å². The molecule has 2 heterocycles. The number of thioether (sulfide) groups is 1. The Bertz CT molecular complexity index is 1320. The van der Waals surface area contributed by atoms with E-state index in [0.717, 1.165) is 28.9 Å². The molecule has 0 saturated heterocycles. The maximum Gasteiger partial charge on any atom is 0.416 e. The molecule has 34 heavy (non-hydrogen) atoms. The number of carbonyl (C=O) groups is 1. The van der Waals surface area contributed by atoms with Gasteiger partial charge in [-0.3, -0.25) is 4.90 Å². The summed E-state index contributed by atoms with van der Waals surface area (Å²) in [6.07, 6.45) is 2.44. The summed E-state index contributed by atoms with van der Waals surface area (Å²) in [5.41, 5.74) is 4.34. The quantitative estimate of drug-likeness (QED) is 0.343. The first-order valence-electron chi connectivity index (χ1n) is 11.1. The highest BCUT2D eigenvalue weighted by atomic mass is 32.2. The Kier molecular flexibility index (Phi) is 6.11. The van der Waals surface area contributed by atoms with Crippen LogP contribution in [0.15, 0.2) is 71.6 Å². The van der Waals surface area contributed by atoms with Crippen molar-refractivity contribution in [2.45, 2.75) is 17.4 Å². The van der Waals surface area contributed by atoms with E-state index in [1.165, 1.54) is 15.8 Å². The van der Waals surface area contributed by atoms with Crippen LogP contribution in [0.4, 0.5) is 4.79 Å². The first-order valence-corrected chi connectivity index (χ1v) is 12.3. The van der Waals surface area contributed by atoms with Gasteiger partial charge in [-0.15, -0.1) is 11.8 Å². The summed E-state index contributed by atoms with van der Waals surface area (Å²) in [4.78, 5) is 20.0. The van der Waals surface area contributed by atoms with Crippen LogP contribution in [-0.4, -0.2) is 43.0 Å². The number of methoxy groups -OCH3 is 2. The van der Waals surface area contributed by atoms with Gasteiger partial charge in [0.2, 0.25) is 0 Å². The van der Waals surface area contributed by atoms with Crippen molar-refractivity contribution in [1.29, 1.82) is 0 Å². The van der Waals surface area contributed by atoms with Crippen LogP contribution in [0.5, 0.6) is 17.2 Å². The van der Waals surface area contributed by atoms with Crippen molar-refractivity contribution in [2.75, 3.05) is 27.0 Å². The number of rotatable bonds is 5. The monoisotopic (exact) mass is 476 g/mol. The summed E-state index contributed by atoms with van der Waals surface area (Å²) in [5.74, 6) is 1.96. The number of nitrogens with one attached hydrogen (secondary N) is 1. The number of hydrogen-bond acceptors (Lipinski definition) is 5. The first kappa shape index (κ1) is 22.2. The molecule has 4 aromatic rings. The van der Waals surface area contributed by atoms with E-state index in [1.54, 1.807) is 55.1 Å². The molecule has 0 spiro atoms. The predicted molar refractivity (Wildman–Crippen MR) is 136 cm³/mol. The number of aromatic nitrogens is 1. The van der Waals surface area contributed by atoms with Crippen LogP contribution >= 0.6 is 11.8 Å². The smallest absolute Gasteiger partial charge is 0.416 e. The molecular weight excluding hydrogens is 448 g/mol. The number of aromatic amines is 1. The molecule has 3 aromatic carbocycles. The lowest BCUT2D eigenvalue weighted by atomic mass is 9.92. The van der Waals surface area contributed by atoms with Gasteiger partial charge < -0.3 is 19.2 Å². The van der Waals surface area contributed by atoms with Crippen LogP contribution in [0.2, 0.25) is 0 Å². The van der Waals surface area contributed by atoms with Gasteiger partial charge in [-0.25, -0.2) is 4.79 Å². The third-order valence-electron chi connectivity index (χ3n) is 6.26. The number of ether oxygens (including phenoxy) is 3. The summed E-state index contributed by atoms with van der Waals surface area (Å²) in [7, 11) is 3.25. The second kappa shape index (κ2) is 9.35. The maximum absolute atomic E-state index is 13.4. The Balaban J connectivity index is 0.00000289. The fraction of sp³-hybridized carbons (Fsp3) is 0.222. The van der Waals surface area contributed by atoms with E-state index in [2.05, 4.69) is 29.4 Å². The van der Waals surface area contributed by atoms with Crippen LogP contribution < -0.4 is 14.2 Å². The van der Waals surface area contributed by atoms with Crippen LogP contribution in [0.1, 0.15) is 24.3 Å². The van der Waals surface area contributed by atoms with E-state index >= 15 is 0 Å². The minimum absolute atomic E-state index is 0. The molecule has 176 valence electrons. The van der Waals surface area contributed by atoms with E-state index in [9.17, 15) is 4.79 Å². The fourth-order valence-electron chi connectivity index (χ4n) is 4.53. The number of hydrogen-bond donors (Lipinski definition) is 1. The topological polar surface area (TPSA) is 63.8 Å². The molecule has 7 heteroatoms. The Morgan fingerprint density at radius 3 is 2.26 bits per heavy atom. The van der Waals surface area contributed by atoms with Crippen molar-refractivity contribution in [3.05, 3.63) is 83.6 Å². The van der Waals surface area contributed by atoms with Crippen LogP contribution in [0.3, 0.4) is 0 Å². The summed E-state index contributed by atoms with van der Waals surface area (Å²) in [6.45, 7) is 0.551. The Labute approximate surface area is 204 Å². The number of benzene rings is 3. The van der Waals surface area contributed by atoms with Gasteiger partial charge in [0, 0.05) is 29.5 Å². The highest BCUT2D eigenvalue weighted by Gasteiger charge is 2.35. The van der Waals surface area contributed by atoms with Gasteiger partial charge in [0.1, 0.15) is 23.3 Å². The van der Waals surface area contributed by atoms with E-state index in [-0.39, 0.29) is 13.6 Å². The summed E-state index contributed by atoms with van der Waals surface area (Å²) in [6, 6.07) is 21.0.